The Labute approximate surface area is 101 Å². The van der Waals surface area contributed by atoms with Gasteiger partial charge in [0.15, 0.2) is 0 Å². The van der Waals surface area contributed by atoms with Gasteiger partial charge in [0.2, 0.25) is 0 Å². The summed E-state index contributed by atoms with van der Waals surface area (Å²) in [5.74, 6) is 0. The Bertz CT molecular complexity index is 176. The van der Waals surface area contributed by atoms with E-state index in [0.29, 0.717) is 6.04 Å². The number of hydrogen-bond acceptors (Lipinski definition) is 2. The SMILES string of the molecule is CCCCCCC(NC)C1(C)CCCCO1. The number of unbranched alkanes of at least 4 members (excludes halogenated alkanes) is 3. The fourth-order valence-electron chi connectivity index (χ4n) is 2.76. The van der Waals surface area contributed by atoms with E-state index < -0.39 is 0 Å². The summed E-state index contributed by atoms with van der Waals surface area (Å²) in [4.78, 5) is 0. The first-order valence-corrected chi connectivity index (χ1v) is 7.04. The molecular weight excluding hydrogens is 198 g/mol. The molecule has 0 bridgehead atoms. The molecule has 0 aromatic rings. The van der Waals surface area contributed by atoms with Crippen LogP contribution in [-0.2, 0) is 4.74 Å². The molecule has 2 unspecified atom stereocenters. The maximum absolute atomic E-state index is 6.01. The van der Waals surface area contributed by atoms with Crippen molar-refractivity contribution in [1.29, 1.82) is 0 Å². The van der Waals surface area contributed by atoms with Crippen LogP contribution in [0.25, 0.3) is 0 Å². The van der Waals surface area contributed by atoms with Gasteiger partial charge in [-0.05, 0) is 39.7 Å². The molecule has 96 valence electrons. The van der Waals surface area contributed by atoms with Crippen LogP contribution in [0.1, 0.15) is 65.2 Å². The molecule has 2 atom stereocenters. The average Bonchev–Trinajstić information content (AvgIpc) is 2.30. The summed E-state index contributed by atoms with van der Waals surface area (Å²) >= 11 is 0. The summed E-state index contributed by atoms with van der Waals surface area (Å²) in [6.45, 7) is 5.50. The third-order valence-corrected chi connectivity index (χ3v) is 3.93. The molecule has 0 aromatic carbocycles. The molecule has 16 heavy (non-hydrogen) atoms. The van der Waals surface area contributed by atoms with Gasteiger partial charge in [0, 0.05) is 12.6 Å². The van der Waals surface area contributed by atoms with E-state index in [2.05, 4.69) is 26.2 Å². The van der Waals surface area contributed by atoms with Gasteiger partial charge in [-0.1, -0.05) is 32.6 Å². The highest BCUT2D eigenvalue weighted by atomic mass is 16.5. The topological polar surface area (TPSA) is 21.3 Å². The third-order valence-electron chi connectivity index (χ3n) is 3.93. The lowest BCUT2D eigenvalue weighted by molar-refractivity contribution is -0.0890. The fourth-order valence-corrected chi connectivity index (χ4v) is 2.76. The van der Waals surface area contributed by atoms with Crippen molar-refractivity contribution in [3.63, 3.8) is 0 Å². The van der Waals surface area contributed by atoms with Crippen molar-refractivity contribution in [2.24, 2.45) is 0 Å². The van der Waals surface area contributed by atoms with E-state index in [4.69, 9.17) is 4.74 Å². The molecule has 0 radical (unpaired) electrons. The van der Waals surface area contributed by atoms with E-state index in [1.165, 1.54) is 51.4 Å². The Kier molecular flexibility index (Phi) is 6.37. The van der Waals surface area contributed by atoms with E-state index in [-0.39, 0.29) is 5.60 Å². The summed E-state index contributed by atoms with van der Waals surface area (Å²) < 4.78 is 6.01. The summed E-state index contributed by atoms with van der Waals surface area (Å²) in [7, 11) is 2.08. The van der Waals surface area contributed by atoms with Crippen LogP contribution < -0.4 is 5.32 Å². The minimum Gasteiger partial charge on any atom is -0.374 e. The first-order chi connectivity index (χ1) is 7.73. The predicted octanol–water partition coefficient (Wildman–Crippen LogP) is 3.50. The number of nitrogens with one attached hydrogen (secondary N) is 1. The summed E-state index contributed by atoms with van der Waals surface area (Å²) in [5.41, 5.74) is 0.0826. The van der Waals surface area contributed by atoms with Crippen molar-refractivity contribution in [3.05, 3.63) is 0 Å². The van der Waals surface area contributed by atoms with Gasteiger partial charge in [-0.15, -0.1) is 0 Å². The number of ether oxygens (including phenoxy) is 1. The monoisotopic (exact) mass is 227 g/mol. The highest BCUT2D eigenvalue weighted by molar-refractivity contribution is 4.90. The molecule has 1 aliphatic heterocycles. The zero-order valence-corrected chi connectivity index (χ0v) is 11.3. The molecule has 1 heterocycles. The van der Waals surface area contributed by atoms with Crippen LogP contribution in [0, 0.1) is 0 Å². The van der Waals surface area contributed by atoms with Gasteiger partial charge in [0.1, 0.15) is 0 Å². The van der Waals surface area contributed by atoms with E-state index >= 15 is 0 Å². The van der Waals surface area contributed by atoms with Crippen molar-refractivity contribution in [1.82, 2.24) is 5.32 Å². The number of likely N-dealkylation sites (N-methyl/N-ethyl adjacent to an activating group) is 1. The molecule has 2 heteroatoms. The van der Waals surface area contributed by atoms with Gasteiger partial charge >= 0.3 is 0 Å². The molecule has 0 aliphatic carbocycles. The highest BCUT2D eigenvalue weighted by Gasteiger charge is 2.35. The summed E-state index contributed by atoms with van der Waals surface area (Å²) in [6.07, 6.45) is 10.4. The minimum absolute atomic E-state index is 0.0826. The molecule has 2 nitrogen and oxygen atoms in total. The van der Waals surface area contributed by atoms with Gasteiger partial charge in [0.05, 0.1) is 5.60 Å². The van der Waals surface area contributed by atoms with Crippen LogP contribution in [0.3, 0.4) is 0 Å². The Morgan fingerprint density at radius 3 is 2.62 bits per heavy atom. The van der Waals surface area contributed by atoms with Gasteiger partial charge < -0.3 is 10.1 Å². The Balaban J connectivity index is 2.33. The minimum atomic E-state index is 0.0826. The smallest absolute Gasteiger partial charge is 0.0806 e. The van der Waals surface area contributed by atoms with Crippen LogP contribution in [0.4, 0.5) is 0 Å². The van der Waals surface area contributed by atoms with Gasteiger partial charge in [0.25, 0.3) is 0 Å². The average molecular weight is 227 g/mol. The van der Waals surface area contributed by atoms with E-state index in [0.717, 1.165) is 6.61 Å². The van der Waals surface area contributed by atoms with E-state index in [9.17, 15) is 0 Å². The zero-order chi connectivity index (χ0) is 11.9. The van der Waals surface area contributed by atoms with Crippen LogP contribution in [-0.4, -0.2) is 25.3 Å². The molecule has 0 spiro atoms. The van der Waals surface area contributed by atoms with Crippen molar-refractivity contribution >= 4 is 0 Å². The van der Waals surface area contributed by atoms with Crippen molar-refractivity contribution < 1.29 is 4.74 Å². The zero-order valence-electron chi connectivity index (χ0n) is 11.3. The highest BCUT2D eigenvalue weighted by Crippen LogP contribution is 2.30. The van der Waals surface area contributed by atoms with Crippen molar-refractivity contribution in [3.8, 4) is 0 Å². The van der Waals surface area contributed by atoms with Crippen LogP contribution in [0.15, 0.2) is 0 Å². The van der Waals surface area contributed by atoms with Crippen LogP contribution in [0.2, 0.25) is 0 Å². The molecule has 1 saturated heterocycles. The van der Waals surface area contributed by atoms with Crippen LogP contribution in [0.5, 0.6) is 0 Å². The van der Waals surface area contributed by atoms with E-state index in [1.54, 1.807) is 0 Å². The number of hydrogen-bond donors (Lipinski definition) is 1. The predicted molar refractivity (Wildman–Crippen MR) is 69.8 cm³/mol. The summed E-state index contributed by atoms with van der Waals surface area (Å²) in [5, 5.41) is 3.46. The number of rotatable bonds is 7. The van der Waals surface area contributed by atoms with Crippen molar-refractivity contribution in [2.75, 3.05) is 13.7 Å². The van der Waals surface area contributed by atoms with E-state index in [1.807, 2.05) is 0 Å². The van der Waals surface area contributed by atoms with Crippen molar-refractivity contribution in [2.45, 2.75) is 76.9 Å². The maximum atomic E-state index is 6.01. The normalized spacial score (nSPS) is 27.9. The molecule has 1 aliphatic rings. The second kappa shape index (κ2) is 7.29. The second-order valence-electron chi connectivity index (χ2n) is 5.31. The lowest BCUT2D eigenvalue weighted by atomic mass is 9.85. The molecule has 1 rings (SSSR count). The quantitative estimate of drug-likeness (QED) is 0.672. The van der Waals surface area contributed by atoms with Gasteiger partial charge in [-0.3, -0.25) is 0 Å². The Morgan fingerprint density at radius 2 is 2.06 bits per heavy atom. The van der Waals surface area contributed by atoms with Gasteiger partial charge in [-0.2, -0.15) is 0 Å². The second-order valence-corrected chi connectivity index (χ2v) is 5.31. The molecule has 1 N–H and O–H groups in total. The molecular formula is C14H29NO. The Morgan fingerprint density at radius 1 is 1.25 bits per heavy atom. The van der Waals surface area contributed by atoms with Crippen LogP contribution >= 0.6 is 0 Å². The van der Waals surface area contributed by atoms with Gasteiger partial charge in [-0.25, -0.2) is 0 Å². The third kappa shape index (κ3) is 4.06. The lowest BCUT2D eigenvalue weighted by Gasteiger charge is -2.40. The fraction of sp³-hybridized carbons (Fsp3) is 1.00. The molecule has 0 aromatic heterocycles. The maximum Gasteiger partial charge on any atom is 0.0806 e. The Hall–Kier alpha value is -0.0800. The lowest BCUT2D eigenvalue weighted by Crippen LogP contribution is -2.51. The standard InChI is InChI=1S/C14H29NO/c1-4-5-6-7-10-13(15-3)14(2)11-8-9-12-16-14/h13,15H,4-12H2,1-3H3. The first kappa shape index (κ1) is 14.0. The molecule has 0 amide bonds. The first-order valence-electron chi connectivity index (χ1n) is 7.04. The summed E-state index contributed by atoms with van der Waals surface area (Å²) in [6, 6.07) is 0.532. The molecule has 0 saturated carbocycles. The molecule has 1 fully saturated rings. The largest absolute Gasteiger partial charge is 0.374 e.